The molecule has 1 fully saturated rings. The zero-order chi connectivity index (χ0) is 14.9. The highest BCUT2D eigenvalue weighted by molar-refractivity contribution is 5.16. The Morgan fingerprint density at radius 3 is 2.76 bits per heavy atom. The molecule has 0 aromatic heterocycles. The van der Waals surface area contributed by atoms with Gasteiger partial charge in [-0.2, -0.15) is 0 Å². The molecule has 3 heteroatoms. The monoisotopic (exact) mass is 290 g/mol. The van der Waals surface area contributed by atoms with Crippen LogP contribution >= 0.6 is 0 Å². The quantitative estimate of drug-likeness (QED) is 0.609. The first-order chi connectivity index (χ1) is 10.3. The molecular weight excluding hydrogens is 264 g/mol. The van der Waals surface area contributed by atoms with Crippen molar-refractivity contribution in [3.8, 4) is 0 Å². The van der Waals surface area contributed by atoms with Crippen LogP contribution in [0.2, 0.25) is 0 Å². The van der Waals surface area contributed by atoms with Crippen LogP contribution in [0.25, 0.3) is 0 Å². The molecule has 0 radical (unpaired) electrons. The second-order valence-corrected chi connectivity index (χ2v) is 5.52. The van der Waals surface area contributed by atoms with Gasteiger partial charge in [-0.25, -0.2) is 0 Å². The summed E-state index contributed by atoms with van der Waals surface area (Å²) in [4.78, 5) is 0. The van der Waals surface area contributed by atoms with Gasteiger partial charge in [0.25, 0.3) is 0 Å². The molecule has 0 aliphatic carbocycles. The highest BCUT2D eigenvalue weighted by Gasteiger charge is 2.29. The summed E-state index contributed by atoms with van der Waals surface area (Å²) in [6.07, 6.45) is 8.91. The minimum Gasteiger partial charge on any atom is -0.388 e. The second-order valence-electron chi connectivity index (χ2n) is 5.52. The van der Waals surface area contributed by atoms with Crippen LogP contribution < -0.4 is 0 Å². The predicted molar refractivity (Wildman–Crippen MR) is 83.9 cm³/mol. The van der Waals surface area contributed by atoms with Crippen molar-refractivity contribution >= 4 is 0 Å². The van der Waals surface area contributed by atoms with E-state index in [0.717, 1.165) is 12.0 Å². The van der Waals surface area contributed by atoms with Gasteiger partial charge in [-0.3, -0.25) is 0 Å². The minimum absolute atomic E-state index is 0.282. The van der Waals surface area contributed by atoms with E-state index in [9.17, 15) is 5.11 Å². The lowest BCUT2D eigenvalue weighted by atomic mass is 10.1. The first-order valence-corrected chi connectivity index (χ1v) is 7.98. The molecule has 1 heterocycles. The molecule has 1 N–H and O–H groups in total. The average Bonchev–Trinajstić information content (AvgIpc) is 2.53. The van der Waals surface area contributed by atoms with Crippen molar-refractivity contribution in [1.29, 1.82) is 0 Å². The van der Waals surface area contributed by atoms with Crippen molar-refractivity contribution in [2.75, 3.05) is 6.61 Å². The van der Waals surface area contributed by atoms with Gasteiger partial charge in [-0.1, -0.05) is 68.7 Å². The van der Waals surface area contributed by atoms with Gasteiger partial charge in [0.15, 0.2) is 6.29 Å². The Hall–Kier alpha value is -1.16. The Labute approximate surface area is 127 Å². The van der Waals surface area contributed by atoms with Gasteiger partial charge in [0.05, 0.1) is 6.61 Å². The van der Waals surface area contributed by atoms with Crippen LogP contribution in [-0.2, 0) is 9.47 Å². The number of aliphatic hydroxyl groups is 1. The number of hydrogen-bond acceptors (Lipinski definition) is 3. The van der Waals surface area contributed by atoms with Gasteiger partial charge in [0.2, 0.25) is 0 Å². The number of rotatable bonds is 7. The smallest absolute Gasteiger partial charge is 0.184 e. The number of allylic oxidation sites excluding steroid dienone is 1. The van der Waals surface area contributed by atoms with E-state index in [4.69, 9.17) is 9.47 Å². The van der Waals surface area contributed by atoms with Crippen molar-refractivity contribution in [3.63, 3.8) is 0 Å². The molecule has 21 heavy (non-hydrogen) atoms. The zero-order valence-electron chi connectivity index (χ0n) is 12.8. The van der Waals surface area contributed by atoms with Gasteiger partial charge < -0.3 is 14.6 Å². The van der Waals surface area contributed by atoms with Crippen LogP contribution in [0.4, 0.5) is 0 Å². The number of benzene rings is 1. The van der Waals surface area contributed by atoms with Crippen LogP contribution in [0, 0.1) is 0 Å². The van der Waals surface area contributed by atoms with Gasteiger partial charge >= 0.3 is 0 Å². The molecule has 1 aliphatic rings. The maximum absolute atomic E-state index is 9.97. The lowest BCUT2D eigenvalue weighted by Gasteiger charge is -2.32. The fourth-order valence-corrected chi connectivity index (χ4v) is 2.43. The fraction of sp³-hybridized carbons (Fsp3) is 0.556. The third kappa shape index (κ3) is 5.27. The summed E-state index contributed by atoms with van der Waals surface area (Å²) in [5, 5.41) is 9.97. The van der Waals surface area contributed by atoms with Gasteiger partial charge in [0.1, 0.15) is 12.2 Å². The van der Waals surface area contributed by atoms with E-state index in [0.29, 0.717) is 6.61 Å². The summed E-state index contributed by atoms with van der Waals surface area (Å²) >= 11 is 0. The average molecular weight is 290 g/mol. The number of ether oxygens (including phenoxy) is 2. The summed E-state index contributed by atoms with van der Waals surface area (Å²) in [6.45, 7) is 2.52. The Morgan fingerprint density at radius 1 is 1.19 bits per heavy atom. The summed E-state index contributed by atoms with van der Waals surface area (Å²) < 4.78 is 11.4. The van der Waals surface area contributed by atoms with Crippen LogP contribution in [0.15, 0.2) is 42.5 Å². The maximum atomic E-state index is 9.97. The van der Waals surface area contributed by atoms with E-state index in [1.807, 2.05) is 36.4 Å². The van der Waals surface area contributed by atoms with Crippen molar-refractivity contribution in [2.24, 2.45) is 0 Å². The minimum atomic E-state index is -0.586. The van der Waals surface area contributed by atoms with Gasteiger partial charge in [0, 0.05) is 5.56 Å². The van der Waals surface area contributed by atoms with Crippen LogP contribution in [0.5, 0.6) is 0 Å². The Kier molecular flexibility index (Phi) is 6.93. The SMILES string of the molecule is CCCCCCC=C[C@H]1OC(c2ccccc2)OC[C@@H]1O. The molecule has 0 spiro atoms. The molecule has 116 valence electrons. The molecule has 1 aromatic carbocycles. The lowest BCUT2D eigenvalue weighted by molar-refractivity contribution is -0.243. The number of hydrogen-bond donors (Lipinski definition) is 1. The van der Waals surface area contributed by atoms with E-state index in [-0.39, 0.29) is 12.4 Å². The fourth-order valence-electron chi connectivity index (χ4n) is 2.43. The van der Waals surface area contributed by atoms with E-state index in [2.05, 4.69) is 13.0 Å². The van der Waals surface area contributed by atoms with Crippen molar-refractivity contribution in [3.05, 3.63) is 48.0 Å². The summed E-state index contributed by atoms with van der Waals surface area (Å²) in [7, 11) is 0. The van der Waals surface area contributed by atoms with E-state index < -0.39 is 6.10 Å². The third-order valence-corrected chi connectivity index (χ3v) is 3.70. The molecule has 2 rings (SSSR count). The molecule has 1 aromatic rings. The normalized spacial score (nSPS) is 26.3. The van der Waals surface area contributed by atoms with Crippen molar-refractivity contribution in [1.82, 2.24) is 0 Å². The standard InChI is InChI=1S/C18H26O3/c1-2-3-4-5-6-10-13-17-16(19)14-20-18(21-17)15-11-8-7-9-12-15/h7-13,16-19H,2-6,14H2,1H3/t16-,17+,18?/m0/s1. The Morgan fingerprint density at radius 2 is 2.00 bits per heavy atom. The summed E-state index contributed by atoms with van der Waals surface area (Å²) in [6, 6.07) is 9.86. The molecule has 1 unspecified atom stereocenters. The van der Waals surface area contributed by atoms with Crippen LogP contribution in [-0.4, -0.2) is 23.9 Å². The molecule has 1 aliphatic heterocycles. The van der Waals surface area contributed by atoms with E-state index in [1.54, 1.807) is 0 Å². The summed E-state index contributed by atoms with van der Waals surface area (Å²) in [5.74, 6) is 0. The largest absolute Gasteiger partial charge is 0.388 e. The molecule has 0 bridgehead atoms. The molecule has 3 atom stereocenters. The third-order valence-electron chi connectivity index (χ3n) is 3.70. The predicted octanol–water partition coefficient (Wildman–Crippen LogP) is 3.99. The zero-order valence-corrected chi connectivity index (χ0v) is 12.8. The topological polar surface area (TPSA) is 38.7 Å². The molecule has 3 nitrogen and oxygen atoms in total. The number of aliphatic hydroxyl groups excluding tert-OH is 1. The van der Waals surface area contributed by atoms with E-state index in [1.165, 1.54) is 25.7 Å². The first-order valence-electron chi connectivity index (χ1n) is 7.98. The molecule has 0 amide bonds. The van der Waals surface area contributed by atoms with E-state index >= 15 is 0 Å². The van der Waals surface area contributed by atoms with Crippen LogP contribution in [0.3, 0.4) is 0 Å². The van der Waals surface area contributed by atoms with Crippen molar-refractivity contribution < 1.29 is 14.6 Å². The first kappa shape index (κ1) is 16.2. The van der Waals surface area contributed by atoms with Gasteiger partial charge in [-0.15, -0.1) is 0 Å². The van der Waals surface area contributed by atoms with Crippen LogP contribution in [0.1, 0.15) is 50.9 Å². The Bertz CT molecular complexity index is 416. The molecule has 1 saturated heterocycles. The maximum Gasteiger partial charge on any atom is 0.184 e. The van der Waals surface area contributed by atoms with Crippen molar-refractivity contribution in [2.45, 2.75) is 57.5 Å². The lowest BCUT2D eigenvalue weighted by Crippen LogP contribution is -2.39. The number of unbranched alkanes of at least 4 members (excludes halogenated alkanes) is 4. The second kappa shape index (κ2) is 8.98. The molecular formula is C18H26O3. The van der Waals surface area contributed by atoms with Gasteiger partial charge in [-0.05, 0) is 12.8 Å². The molecule has 0 saturated carbocycles. The Balaban J connectivity index is 1.82. The summed E-state index contributed by atoms with van der Waals surface area (Å²) in [5.41, 5.74) is 0.991. The highest BCUT2D eigenvalue weighted by Crippen LogP contribution is 2.27. The highest BCUT2D eigenvalue weighted by atomic mass is 16.7.